The summed E-state index contributed by atoms with van der Waals surface area (Å²) in [7, 11) is 2.14. The molecule has 0 saturated heterocycles. The molecule has 0 fully saturated rings. The SMILES string of the molecule is CCc1ccc(C(CN)N(C)C(C)c2ccc(Cl)cc2)s1. The number of hydrogen-bond donors (Lipinski definition) is 1. The van der Waals surface area contributed by atoms with Crippen molar-refractivity contribution in [2.45, 2.75) is 32.4 Å². The molecule has 21 heavy (non-hydrogen) atoms. The van der Waals surface area contributed by atoms with Gasteiger partial charge in [-0.1, -0.05) is 30.7 Å². The van der Waals surface area contributed by atoms with Gasteiger partial charge in [-0.2, -0.15) is 0 Å². The van der Waals surface area contributed by atoms with E-state index < -0.39 is 0 Å². The molecule has 0 amide bonds. The maximum Gasteiger partial charge on any atom is 0.0566 e. The van der Waals surface area contributed by atoms with Crippen LogP contribution in [0.2, 0.25) is 5.02 Å². The monoisotopic (exact) mass is 322 g/mol. The maximum absolute atomic E-state index is 6.04. The molecule has 0 saturated carbocycles. The lowest BCUT2D eigenvalue weighted by molar-refractivity contribution is 0.193. The molecule has 4 heteroatoms. The lowest BCUT2D eigenvalue weighted by atomic mass is 10.0. The molecule has 0 spiro atoms. The first kappa shape index (κ1) is 16.5. The average molecular weight is 323 g/mol. The van der Waals surface area contributed by atoms with Crippen molar-refractivity contribution in [1.29, 1.82) is 0 Å². The van der Waals surface area contributed by atoms with Crippen molar-refractivity contribution in [3.63, 3.8) is 0 Å². The standard InChI is InChI=1S/C17H23ClN2S/c1-4-15-9-10-17(21-15)16(11-19)20(3)12(2)13-5-7-14(18)8-6-13/h5-10,12,16H,4,11,19H2,1-3H3. The average Bonchev–Trinajstić information content (AvgIpc) is 2.96. The van der Waals surface area contributed by atoms with Crippen molar-refractivity contribution in [3.8, 4) is 0 Å². The largest absolute Gasteiger partial charge is 0.329 e. The minimum atomic E-state index is 0.251. The van der Waals surface area contributed by atoms with Gasteiger partial charge in [-0.05, 0) is 50.2 Å². The van der Waals surface area contributed by atoms with Gasteiger partial charge in [0, 0.05) is 27.4 Å². The van der Waals surface area contributed by atoms with E-state index in [2.05, 4.69) is 50.1 Å². The van der Waals surface area contributed by atoms with E-state index in [1.54, 1.807) is 0 Å². The molecule has 0 aliphatic carbocycles. The third-order valence-corrected chi connectivity index (χ3v) is 5.62. The predicted octanol–water partition coefficient (Wildman–Crippen LogP) is 4.66. The Hall–Kier alpha value is -0.870. The van der Waals surface area contributed by atoms with Crippen molar-refractivity contribution >= 4 is 22.9 Å². The molecule has 0 aliphatic rings. The van der Waals surface area contributed by atoms with Gasteiger partial charge in [0.1, 0.15) is 0 Å². The summed E-state index contributed by atoms with van der Waals surface area (Å²) in [6, 6.07) is 13.0. The van der Waals surface area contributed by atoms with E-state index in [1.165, 1.54) is 15.3 Å². The van der Waals surface area contributed by atoms with Crippen LogP contribution >= 0.6 is 22.9 Å². The second-order valence-electron chi connectivity index (χ2n) is 5.30. The Bertz CT molecular complexity index is 564. The molecule has 0 bridgehead atoms. The first-order valence-electron chi connectivity index (χ1n) is 7.32. The summed E-state index contributed by atoms with van der Waals surface area (Å²) < 4.78 is 0. The number of hydrogen-bond acceptors (Lipinski definition) is 3. The van der Waals surface area contributed by atoms with Gasteiger partial charge in [0.15, 0.2) is 0 Å². The Morgan fingerprint density at radius 3 is 2.38 bits per heavy atom. The lowest BCUT2D eigenvalue weighted by Gasteiger charge is -2.32. The molecule has 2 aromatic rings. The van der Waals surface area contributed by atoms with Crippen LogP contribution in [0.15, 0.2) is 36.4 Å². The Kier molecular flexibility index (Phi) is 5.82. The number of rotatable bonds is 6. The van der Waals surface area contributed by atoms with Crippen LogP contribution in [0.5, 0.6) is 0 Å². The van der Waals surface area contributed by atoms with Crippen LogP contribution in [-0.4, -0.2) is 18.5 Å². The number of aryl methyl sites for hydroxylation is 1. The summed E-state index contributed by atoms with van der Waals surface area (Å²) in [6.45, 7) is 5.02. The zero-order chi connectivity index (χ0) is 15.4. The lowest BCUT2D eigenvalue weighted by Crippen LogP contribution is -2.32. The van der Waals surface area contributed by atoms with Crippen LogP contribution in [0.1, 0.15) is 41.2 Å². The van der Waals surface area contributed by atoms with E-state index >= 15 is 0 Å². The quantitative estimate of drug-likeness (QED) is 0.838. The summed E-state index contributed by atoms with van der Waals surface area (Å²) in [4.78, 5) is 5.10. The van der Waals surface area contributed by atoms with Crippen molar-refractivity contribution in [1.82, 2.24) is 4.90 Å². The minimum absolute atomic E-state index is 0.251. The Morgan fingerprint density at radius 2 is 1.86 bits per heavy atom. The molecule has 2 atom stereocenters. The molecular formula is C17H23ClN2S. The summed E-state index contributed by atoms with van der Waals surface area (Å²) in [5, 5.41) is 0.773. The van der Waals surface area contributed by atoms with Crippen LogP contribution in [0.25, 0.3) is 0 Å². The van der Waals surface area contributed by atoms with Crippen LogP contribution < -0.4 is 5.73 Å². The van der Waals surface area contributed by atoms with E-state index in [0.29, 0.717) is 12.6 Å². The molecule has 2 N–H and O–H groups in total. The Labute approximate surface area is 136 Å². The zero-order valence-corrected chi connectivity index (χ0v) is 14.4. The van der Waals surface area contributed by atoms with Crippen molar-refractivity contribution in [2.75, 3.05) is 13.6 Å². The van der Waals surface area contributed by atoms with E-state index in [-0.39, 0.29) is 6.04 Å². The summed E-state index contributed by atoms with van der Waals surface area (Å²) in [5.41, 5.74) is 7.30. The first-order chi connectivity index (χ1) is 10.1. The van der Waals surface area contributed by atoms with Gasteiger partial charge in [0.25, 0.3) is 0 Å². The second kappa shape index (κ2) is 7.41. The molecule has 2 rings (SSSR count). The van der Waals surface area contributed by atoms with Gasteiger partial charge >= 0.3 is 0 Å². The van der Waals surface area contributed by atoms with E-state index in [1.807, 2.05) is 23.5 Å². The predicted molar refractivity (Wildman–Crippen MR) is 93.1 cm³/mol. The Balaban J connectivity index is 2.18. The van der Waals surface area contributed by atoms with E-state index in [4.69, 9.17) is 17.3 Å². The van der Waals surface area contributed by atoms with Crippen LogP contribution in [0.3, 0.4) is 0 Å². The molecule has 1 heterocycles. The fraction of sp³-hybridized carbons (Fsp3) is 0.412. The first-order valence-corrected chi connectivity index (χ1v) is 8.52. The highest BCUT2D eigenvalue weighted by Gasteiger charge is 2.22. The van der Waals surface area contributed by atoms with Gasteiger partial charge < -0.3 is 5.73 Å². The maximum atomic E-state index is 6.04. The molecule has 2 unspecified atom stereocenters. The third-order valence-electron chi connectivity index (χ3n) is 4.04. The highest BCUT2D eigenvalue weighted by Crippen LogP contribution is 2.32. The topological polar surface area (TPSA) is 29.3 Å². The van der Waals surface area contributed by atoms with Gasteiger partial charge in [0.2, 0.25) is 0 Å². The van der Waals surface area contributed by atoms with Crippen molar-refractivity contribution in [3.05, 3.63) is 56.7 Å². The minimum Gasteiger partial charge on any atom is -0.329 e. The highest BCUT2D eigenvalue weighted by atomic mass is 35.5. The highest BCUT2D eigenvalue weighted by molar-refractivity contribution is 7.12. The fourth-order valence-electron chi connectivity index (χ4n) is 2.49. The van der Waals surface area contributed by atoms with Crippen molar-refractivity contribution in [2.24, 2.45) is 5.73 Å². The van der Waals surface area contributed by atoms with Crippen LogP contribution in [0.4, 0.5) is 0 Å². The van der Waals surface area contributed by atoms with Crippen LogP contribution in [0, 0.1) is 0 Å². The van der Waals surface area contributed by atoms with Gasteiger partial charge in [-0.3, -0.25) is 4.90 Å². The second-order valence-corrected chi connectivity index (χ2v) is 6.94. The normalized spacial score (nSPS) is 14.4. The molecule has 1 aromatic heterocycles. The van der Waals surface area contributed by atoms with Gasteiger partial charge in [-0.15, -0.1) is 11.3 Å². The summed E-state index contributed by atoms with van der Waals surface area (Å²) in [6.07, 6.45) is 1.08. The number of benzene rings is 1. The van der Waals surface area contributed by atoms with E-state index in [0.717, 1.165) is 11.4 Å². The molecule has 114 valence electrons. The molecule has 2 nitrogen and oxygen atoms in total. The van der Waals surface area contributed by atoms with Crippen molar-refractivity contribution < 1.29 is 0 Å². The fourth-order valence-corrected chi connectivity index (χ4v) is 3.74. The van der Waals surface area contributed by atoms with Gasteiger partial charge in [0.05, 0.1) is 6.04 Å². The number of nitrogens with two attached hydrogens (primary N) is 1. The zero-order valence-electron chi connectivity index (χ0n) is 12.8. The smallest absolute Gasteiger partial charge is 0.0566 e. The molecular weight excluding hydrogens is 300 g/mol. The molecule has 1 aromatic carbocycles. The van der Waals surface area contributed by atoms with Gasteiger partial charge in [-0.25, -0.2) is 0 Å². The van der Waals surface area contributed by atoms with E-state index in [9.17, 15) is 0 Å². The summed E-state index contributed by atoms with van der Waals surface area (Å²) >= 11 is 7.83. The van der Waals surface area contributed by atoms with Crippen LogP contribution in [-0.2, 0) is 6.42 Å². The summed E-state index contributed by atoms with van der Waals surface area (Å²) in [5.74, 6) is 0. The third kappa shape index (κ3) is 3.86. The number of likely N-dealkylation sites (N-methyl/N-ethyl adjacent to an activating group) is 1. The molecule has 0 radical (unpaired) electrons. The number of halogens is 1. The number of nitrogens with zero attached hydrogens (tertiary/aromatic N) is 1. The molecule has 0 aliphatic heterocycles. The number of thiophene rings is 1. The Morgan fingerprint density at radius 1 is 1.19 bits per heavy atom.